The van der Waals surface area contributed by atoms with Gasteiger partial charge in [-0.15, -0.1) is 0 Å². The molecule has 3 rings (SSSR count). The number of aromatic nitrogens is 1. The summed E-state index contributed by atoms with van der Waals surface area (Å²) in [6, 6.07) is 0. The standard InChI is InChI=1S/C13H18N2O3/c16-13(14-8-9-4-3-7-17-9)12-10-5-1-2-6-11(10)18-15-12/h9H,1-8H2,(H,14,16). The van der Waals surface area contributed by atoms with E-state index in [1.807, 2.05) is 0 Å². The van der Waals surface area contributed by atoms with Crippen LogP contribution in [0.5, 0.6) is 0 Å². The molecule has 0 bridgehead atoms. The average Bonchev–Trinajstić information content (AvgIpc) is 3.05. The van der Waals surface area contributed by atoms with Crippen LogP contribution in [0.15, 0.2) is 4.52 Å². The van der Waals surface area contributed by atoms with Crippen molar-refractivity contribution in [3.63, 3.8) is 0 Å². The molecule has 0 spiro atoms. The molecular formula is C13H18N2O3. The molecule has 0 aromatic carbocycles. The Morgan fingerprint density at radius 1 is 1.33 bits per heavy atom. The maximum absolute atomic E-state index is 12.0. The second-order valence-electron chi connectivity index (χ2n) is 4.99. The van der Waals surface area contributed by atoms with Crippen LogP contribution in [-0.2, 0) is 17.6 Å². The molecule has 98 valence electrons. The van der Waals surface area contributed by atoms with Gasteiger partial charge in [-0.2, -0.15) is 0 Å². The molecule has 0 radical (unpaired) electrons. The lowest BCUT2D eigenvalue weighted by molar-refractivity contribution is 0.0849. The van der Waals surface area contributed by atoms with Crippen molar-refractivity contribution in [3.05, 3.63) is 17.0 Å². The molecule has 1 aliphatic carbocycles. The van der Waals surface area contributed by atoms with E-state index in [1.165, 1.54) is 0 Å². The SMILES string of the molecule is O=C(NCC1CCCO1)c1noc2c1CCCC2. The molecule has 1 atom stereocenters. The van der Waals surface area contributed by atoms with E-state index < -0.39 is 0 Å². The largest absolute Gasteiger partial charge is 0.376 e. The summed E-state index contributed by atoms with van der Waals surface area (Å²) in [6.07, 6.45) is 6.32. The number of nitrogens with one attached hydrogen (secondary N) is 1. The zero-order valence-corrected chi connectivity index (χ0v) is 10.4. The lowest BCUT2D eigenvalue weighted by atomic mass is 9.96. The van der Waals surface area contributed by atoms with Gasteiger partial charge in [-0.25, -0.2) is 0 Å². The van der Waals surface area contributed by atoms with E-state index in [0.717, 1.165) is 56.5 Å². The number of aryl methyl sites for hydroxylation is 1. The van der Waals surface area contributed by atoms with Crippen molar-refractivity contribution in [2.75, 3.05) is 13.2 Å². The molecule has 2 heterocycles. The summed E-state index contributed by atoms with van der Waals surface area (Å²) in [4.78, 5) is 12.0. The Bertz CT molecular complexity index is 435. The summed E-state index contributed by atoms with van der Waals surface area (Å²) in [5.74, 6) is 0.765. The minimum Gasteiger partial charge on any atom is -0.376 e. The Morgan fingerprint density at radius 2 is 2.22 bits per heavy atom. The predicted octanol–water partition coefficient (Wildman–Crippen LogP) is 1.46. The third-order valence-corrected chi connectivity index (χ3v) is 3.68. The van der Waals surface area contributed by atoms with Gasteiger partial charge in [0.2, 0.25) is 0 Å². The molecule has 1 aromatic heterocycles. The molecular weight excluding hydrogens is 232 g/mol. The molecule has 5 heteroatoms. The Kier molecular flexibility index (Phi) is 3.32. The van der Waals surface area contributed by atoms with Gasteiger partial charge in [0.1, 0.15) is 5.76 Å². The first-order valence-electron chi connectivity index (χ1n) is 6.72. The predicted molar refractivity (Wildman–Crippen MR) is 64.5 cm³/mol. The summed E-state index contributed by atoms with van der Waals surface area (Å²) in [5, 5.41) is 6.81. The van der Waals surface area contributed by atoms with Crippen molar-refractivity contribution >= 4 is 5.91 Å². The van der Waals surface area contributed by atoms with Gasteiger partial charge < -0.3 is 14.6 Å². The number of hydrogen-bond acceptors (Lipinski definition) is 4. The normalized spacial score (nSPS) is 22.8. The molecule has 1 N–H and O–H groups in total. The van der Waals surface area contributed by atoms with Crippen molar-refractivity contribution < 1.29 is 14.1 Å². The van der Waals surface area contributed by atoms with Crippen LogP contribution in [-0.4, -0.2) is 30.3 Å². The quantitative estimate of drug-likeness (QED) is 0.882. The van der Waals surface area contributed by atoms with Gasteiger partial charge in [0, 0.05) is 25.1 Å². The number of fused-ring (bicyclic) bond motifs is 1. The first-order chi connectivity index (χ1) is 8.84. The second-order valence-corrected chi connectivity index (χ2v) is 4.99. The number of rotatable bonds is 3. The van der Waals surface area contributed by atoms with E-state index in [-0.39, 0.29) is 12.0 Å². The summed E-state index contributed by atoms with van der Waals surface area (Å²) in [6.45, 7) is 1.38. The Hall–Kier alpha value is -1.36. The van der Waals surface area contributed by atoms with Gasteiger partial charge in [-0.3, -0.25) is 4.79 Å². The van der Waals surface area contributed by atoms with Crippen LogP contribution < -0.4 is 5.32 Å². The fourth-order valence-corrected chi connectivity index (χ4v) is 2.66. The second kappa shape index (κ2) is 5.10. The number of nitrogens with zero attached hydrogens (tertiary/aromatic N) is 1. The van der Waals surface area contributed by atoms with Gasteiger partial charge in [0.05, 0.1) is 6.10 Å². The highest BCUT2D eigenvalue weighted by atomic mass is 16.5. The van der Waals surface area contributed by atoms with Gasteiger partial charge >= 0.3 is 0 Å². The smallest absolute Gasteiger partial charge is 0.273 e. The van der Waals surface area contributed by atoms with E-state index >= 15 is 0 Å². The molecule has 2 aliphatic rings. The number of carbonyl (C=O) groups is 1. The van der Waals surface area contributed by atoms with E-state index in [9.17, 15) is 4.79 Å². The fraction of sp³-hybridized carbons (Fsp3) is 0.692. The maximum atomic E-state index is 12.0. The Labute approximate surface area is 106 Å². The van der Waals surface area contributed by atoms with E-state index in [2.05, 4.69) is 10.5 Å². The van der Waals surface area contributed by atoms with Crippen LogP contribution in [0.3, 0.4) is 0 Å². The first-order valence-corrected chi connectivity index (χ1v) is 6.72. The molecule has 1 saturated heterocycles. The Morgan fingerprint density at radius 3 is 3.06 bits per heavy atom. The summed E-state index contributed by atoms with van der Waals surface area (Å²) < 4.78 is 10.7. The Balaban J connectivity index is 1.63. The molecule has 1 unspecified atom stereocenters. The molecule has 1 aromatic rings. The van der Waals surface area contributed by atoms with Gasteiger partial charge in [-0.1, -0.05) is 5.16 Å². The van der Waals surface area contributed by atoms with Crippen LogP contribution in [0.1, 0.15) is 47.5 Å². The molecule has 18 heavy (non-hydrogen) atoms. The third kappa shape index (κ3) is 2.27. The molecule has 5 nitrogen and oxygen atoms in total. The number of amides is 1. The number of carbonyl (C=O) groups excluding carboxylic acids is 1. The highest BCUT2D eigenvalue weighted by molar-refractivity contribution is 5.93. The van der Waals surface area contributed by atoms with Gasteiger partial charge in [0.15, 0.2) is 5.69 Å². The summed E-state index contributed by atoms with van der Waals surface area (Å²) in [7, 11) is 0. The van der Waals surface area contributed by atoms with Crippen LogP contribution in [0.4, 0.5) is 0 Å². The molecule has 1 fully saturated rings. The highest BCUT2D eigenvalue weighted by Crippen LogP contribution is 2.24. The zero-order valence-electron chi connectivity index (χ0n) is 10.4. The minimum absolute atomic E-state index is 0.127. The van der Waals surface area contributed by atoms with Crippen molar-refractivity contribution in [2.45, 2.75) is 44.6 Å². The monoisotopic (exact) mass is 250 g/mol. The average molecular weight is 250 g/mol. The van der Waals surface area contributed by atoms with Crippen LogP contribution >= 0.6 is 0 Å². The lowest BCUT2D eigenvalue weighted by Crippen LogP contribution is -2.32. The van der Waals surface area contributed by atoms with Crippen molar-refractivity contribution in [3.8, 4) is 0 Å². The first kappa shape index (κ1) is 11.7. The summed E-state index contributed by atoms with van der Waals surface area (Å²) >= 11 is 0. The van der Waals surface area contributed by atoms with Gasteiger partial charge in [0.25, 0.3) is 5.91 Å². The zero-order chi connectivity index (χ0) is 12.4. The highest BCUT2D eigenvalue weighted by Gasteiger charge is 2.24. The van der Waals surface area contributed by atoms with Crippen molar-refractivity contribution in [1.29, 1.82) is 0 Å². The van der Waals surface area contributed by atoms with E-state index in [0.29, 0.717) is 12.2 Å². The molecule has 0 saturated carbocycles. The minimum atomic E-state index is -0.127. The maximum Gasteiger partial charge on any atom is 0.273 e. The molecule has 1 amide bonds. The number of hydrogen-bond donors (Lipinski definition) is 1. The lowest BCUT2D eigenvalue weighted by Gasteiger charge is -2.11. The van der Waals surface area contributed by atoms with Crippen LogP contribution in [0, 0.1) is 0 Å². The molecule has 1 aliphatic heterocycles. The van der Waals surface area contributed by atoms with E-state index in [1.54, 1.807) is 0 Å². The van der Waals surface area contributed by atoms with Crippen LogP contribution in [0.2, 0.25) is 0 Å². The topological polar surface area (TPSA) is 64.4 Å². The third-order valence-electron chi connectivity index (χ3n) is 3.68. The van der Waals surface area contributed by atoms with Crippen LogP contribution in [0.25, 0.3) is 0 Å². The fourth-order valence-electron chi connectivity index (χ4n) is 2.66. The van der Waals surface area contributed by atoms with E-state index in [4.69, 9.17) is 9.26 Å². The number of ether oxygens (including phenoxy) is 1. The van der Waals surface area contributed by atoms with Gasteiger partial charge in [-0.05, 0) is 32.1 Å². The van der Waals surface area contributed by atoms with Crippen molar-refractivity contribution in [2.24, 2.45) is 0 Å². The summed E-state index contributed by atoms with van der Waals surface area (Å²) in [5.41, 5.74) is 1.48. The van der Waals surface area contributed by atoms with Crippen molar-refractivity contribution in [1.82, 2.24) is 10.5 Å².